The van der Waals surface area contributed by atoms with Gasteiger partial charge in [0.1, 0.15) is 12.1 Å². The Morgan fingerprint density at radius 3 is 2.73 bits per heavy atom. The summed E-state index contributed by atoms with van der Waals surface area (Å²) < 4.78 is 0. The van der Waals surface area contributed by atoms with Gasteiger partial charge in [-0.1, -0.05) is 24.3 Å². The van der Waals surface area contributed by atoms with Crippen molar-refractivity contribution in [1.82, 2.24) is 20.9 Å². The predicted octanol–water partition coefficient (Wildman–Crippen LogP) is -0.225. The summed E-state index contributed by atoms with van der Waals surface area (Å²) in [7, 11) is 0. The Kier molecular flexibility index (Phi) is 3.90. The van der Waals surface area contributed by atoms with Gasteiger partial charge in [0.25, 0.3) is 5.91 Å². The van der Waals surface area contributed by atoms with E-state index in [1.807, 2.05) is 24.3 Å². The van der Waals surface area contributed by atoms with Crippen LogP contribution in [0.15, 0.2) is 24.3 Å². The summed E-state index contributed by atoms with van der Waals surface area (Å²) >= 11 is 0. The van der Waals surface area contributed by atoms with Crippen molar-refractivity contribution in [3.05, 3.63) is 35.4 Å². The molecule has 5 amide bonds. The van der Waals surface area contributed by atoms with E-state index in [4.69, 9.17) is 0 Å². The number of carbonyl (C=O) groups is 4. The lowest BCUT2D eigenvalue weighted by atomic mass is 9.92. The summed E-state index contributed by atoms with van der Waals surface area (Å²) in [6.07, 6.45) is 3.11. The van der Waals surface area contributed by atoms with E-state index in [2.05, 4.69) is 16.0 Å². The molecule has 1 aromatic carbocycles. The summed E-state index contributed by atoms with van der Waals surface area (Å²) in [6.45, 7) is -0.557. The number of hydrogen-bond acceptors (Lipinski definition) is 4. The van der Waals surface area contributed by atoms with Crippen LogP contribution in [0.2, 0.25) is 0 Å². The highest BCUT2D eigenvalue weighted by Crippen LogP contribution is 2.41. The first-order valence-corrected chi connectivity index (χ1v) is 8.78. The number of urea groups is 1. The number of carbonyl (C=O) groups excluding carboxylic acids is 4. The summed E-state index contributed by atoms with van der Waals surface area (Å²) in [4.78, 5) is 49.9. The molecule has 1 atom stereocenters. The zero-order chi connectivity index (χ0) is 18.3. The van der Waals surface area contributed by atoms with Gasteiger partial charge in [0.05, 0.1) is 6.54 Å². The smallest absolute Gasteiger partial charge is 0.325 e. The van der Waals surface area contributed by atoms with E-state index in [9.17, 15) is 19.2 Å². The van der Waals surface area contributed by atoms with Gasteiger partial charge in [0.2, 0.25) is 11.8 Å². The van der Waals surface area contributed by atoms with Crippen LogP contribution in [-0.2, 0) is 26.3 Å². The highest BCUT2D eigenvalue weighted by Gasteiger charge is 2.55. The maximum Gasteiger partial charge on any atom is 0.325 e. The molecule has 8 nitrogen and oxygen atoms in total. The molecule has 2 aliphatic carbocycles. The molecule has 1 unspecified atom stereocenters. The van der Waals surface area contributed by atoms with E-state index in [-0.39, 0.29) is 18.5 Å². The Bertz CT molecular complexity index is 804. The second-order valence-electron chi connectivity index (χ2n) is 7.00. The maximum atomic E-state index is 12.9. The van der Waals surface area contributed by atoms with Crippen LogP contribution >= 0.6 is 0 Å². The first-order valence-electron chi connectivity index (χ1n) is 8.78. The third kappa shape index (κ3) is 2.81. The number of nitrogens with one attached hydrogen (secondary N) is 3. The molecule has 0 radical (unpaired) electrons. The Morgan fingerprint density at radius 1 is 1.19 bits per heavy atom. The topological polar surface area (TPSA) is 108 Å². The van der Waals surface area contributed by atoms with Crippen LogP contribution in [0, 0.1) is 0 Å². The molecule has 3 N–H and O–H groups in total. The predicted molar refractivity (Wildman–Crippen MR) is 90.9 cm³/mol. The molecule has 1 aromatic rings. The number of nitrogens with zero attached hydrogens (tertiary/aromatic N) is 1. The molecule has 1 heterocycles. The molecule has 4 rings (SSSR count). The highest BCUT2D eigenvalue weighted by molar-refractivity contribution is 6.10. The van der Waals surface area contributed by atoms with Crippen LogP contribution in [0.5, 0.6) is 0 Å². The zero-order valence-electron chi connectivity index (χ0n) is 14.2. The summed E-state index contributed by atoms with van der Waals surface area (Å²) in [6, 6.07) is 7.15. The average Bonchev–Trinajstić information content (AvgIpc) is 3.32. The van der Waals surface area contributed by atoms with Gasteiger partial charge in [-0.05, 0) is 36.8 Å². The number of benzene rings is 1. The van der Waals surface area contributed by atoms with Crippen molar-refractivity contribution < 1.29 is 19.2 Å². The van der Waals surface area contributed by atoms with E-state index in [0.29, 0.717) is 12.8 Å². The lowest BCUT2D eigenvalue weighted by molar-refractivity contribution is -0.135. The van der Waals surface area contributed by atoms with Gasteiger partial charge in [-0.25, -0.2) is 4.79 Å². The van der Waals surface area contributed by atoms with Crippen LogP contribution in [0.1, 0.15) is 30.4 Å². The van der Waals surface area contributed by atoms with Crippen LogP contribution in [0.3, 0.4) is 0 Å². The van der Waals surface area contributed by atoms with Gasteiger partial charge in [-0.3, -0.25) is 19.3 Å². The Hall–Kier alpha value is -2.90. The average molecular weight is 356 g/mol. The first-order chi connectivity index (χ1) is 12.5. The van der Waals surface area contributed by atoms with Gasteiger partial charge in [-0.2, -0.15) is 0 Å². The molecule has 0 bridgehead atoms. The van der Waals surface area contributed by atoms with Crippen molar-refractivity contribution in [2.45, 2.75) is 37.3 Å². The lowest BCUT2D eigenvalue weighted by Gasteiger charge is -2.22. The molecule has 136 valence electrons. The third-order valence-electron chi connectivity index (χ3n) is 5.11. The molecule has 3 aliphatic rings. The normalized spacial score (nSPS) is 23.8. The molecule has 1 spiro atoms. The number of aryl methyl sites for hydroxylation is 1. The maximum absolute atomic E-state index is 12.9. The Balaban J connectivity index is 1.40. The Morgan fingerprint density at radius 2 is 1.96 bits per heavy atom. The van der Waals surface area contributed by atoms with Crippen molar-refractivity contribution in [2.24, 2.45) is 0 Å². The lowest BCUT2D eigenvalue weighted by Crippen LogP contribution is -2.45. The van der Waals surface area contributed by atoms with Crippen LogP contribution in [0.4, 0.5) is 4.79 Å². The molecule has 26 heavy (non-hydrogen) atoms. The number of imide groups is 1. The number of amides is 5. The van der Waals surface area contributed by atoms with Crippen molar-refractivity contribution in [1.29, 1.82) is 0 Å². The summed E-state index contributed by atoms with van der Waals surface area (Å²) in [5, 5.41) is 7.98. The van der Waals surface area contributed by atoms with Crippen molar-refractivity contribution in [2.75, 3.05) is 13.1 Å². The second kappa shape index (κ2) is 6.12. The van der Waals surface area contributed by atoms with Crippen LogP contribution in [0.25, 0.3) is 0 Å². The Labute approximate surface area is 150 Å². The van der Waals surface area contributed by atoms with Crippen molar-refractivity contribution in [3.8, 4) is 0 Å². The van der Waals surface area contributed by atoms with E-state index in [1.165, 1.54) is 0 Å². The first kappa shape index (κ1) is 16.6. The molecule has 0 aromatic heterocycles. The largest absolute Gasteiger partial charge is 0.352 e. The molecular formula is C18H20N4O4. The quantitative estimate of drug-likeness (QED) is 0.634. The van der Waals surface area contributed by atoms with Gasteiger partial charge >= 0.3 is 6.03 Å². The van der Waals surface area contributed by atoms with E-state index in [1.54, 1.807) is 0 Å². The van der Waals surface area contributed by atoms with Crippen LogP contribution in [-0.4, -0.2) is 47.8 Å². The van der Waals surface area contributed by atoms with E-state index >= 15 is 0 Å². The minimum absolute atomic E-state index is 0.160. The number of fused-ring (bicyclic) bond motifs is 2. The minimum atomic E-state index is -1.07. The van der Waals surface area contributed by atoms with E-state index < -0.39 is 29.9 Å². The van der Waals surface area contributed by atoms with Crippen LogP contribution < -0.4 is 16.0 Å². The SMILES string of the molecule is O=C(CN1C(=O)NC2(CCc3ccccc32)C1=O)NCC(=O)NC1CC1. The van der Waals surface area contributed by atoms with Crippen molar-refractivity contribution >= 4 is 23.8 Å². The molecule has 1 aliphatic heterocycles. The van der Waals surface area contributed by atoms with Gasteiger partial charge in [-0.15, -0.1) is 0 Å². The number of hydrogen-bond donors (Lipinski definition) is 3. The minimum Gasteiger partial charge on any atom is -0.352 e. The second-order valence-corrected chi connectivity index (χ2v) is 7.00. The fourth-order valence-corrected chi connectivity index (χ4v) is 3.62. The standard InChI is InChI=1S/C18H20N4O4/c23-14(20-12-5-6-12)9-19-15(24)10-22-16(25)18(21-17(22)26)8-7-11-3-1-2-4-13(11)18/h1-4,12H,5-10H2,(H,19,24)(H,20,23)(H,21,26). The fourth-order valence-electron chi connectivity index (χ4n) is 3.62. The monoisotopic (exact) mass is 356 g/mol. The number of rotatable bonds is 5. The fraction of sp³-hybridized carbons (Fsp3) is 0.444. The third-order valence-corrected chi connectivity index (χ3v) is 5.11. The summed E-state index contributed by atoms with van der Waals surface area (Å²) in [5.74, 6) is -1.22. The zero-order valence-corrected chi connectivity index (χ0v) is 14.2. The molecule has 2 fully saturated rings. The van der Waals surface area contributed by atoms with Gasteiger partial charge in [0.15, 0.2) is 0 Å². The molecule has 1 saturated heterocycles. The summed E-state index contributed by atoms with van der Waals surface area (Å²) in [5.41, 5.74) is 0.756. The molecule has 1 saturated carbocycles. The van der Waals surface area contributed by atoms with E-state index in [0.717, 1.165) is 28.9 Å². The molecule has 8 heteroatoms. The van der Waals surface area contributed by atoms with Crippen molar-refractivity contribution in [3.63, 3.8) is 0 Å². The van der Waals surface area contributed by atoms with Gasteiger partial charge < -0.3 is 16.0 Å². The van der Waals surface area contributed by atoms with Gasteiger partial charge in [0, 0.05) is 6.04 Å². The highest BCUT2D eigenvalue weighted by atomic mass is 16.2. The molecular weight excluding hydrogens is 336 g/mol.